The predicted molar refractivity (Wildman–Crippen MR) is 116 cm³/mol. The molecule has 0 radical (unpaired) electrons. The van der Waals surface area contributed by atoms with E-state index < -0.39 is 5.97 Å². The lowest BCUT2D eigenvalue weighted by atomic mass is 10.1. The lowest BCUT2D eigenvalue weighted by Crippen LogP contribution is -2.15. The van der Waals surface area contributed by atoms with Crippen LogP contribution in [-0.2, 0) is 16.1 Å². The number of benzene rings is 2. The molecule has 0 bridgehead atoms. The van der Waals surface area contributed by atoms with Crippen LogP contribution in [0.15, 0.2) is 48.7 Å². The number of fused-ring (bicyclic) bond motifs is 3. The number of hydrogen-bond donors (Lipinski definition) is 1. The average Bonchev–Trinajstić information content (AvgIpc) is 3.12. The van der Waals surface area contributed by atoms with E-state index in [0.29, 0.717) is 22.6 Å². The summed E-state index contributed by atoms with van der Waals surface area (Å²) in [4.78, 5) is 20.3. The molecule has 0 saturated heterocycles. The Morgan fingerprint density at radius 2 is 1.97 bits per heavy atom. The fourth-order valence-electron chi connectivity index (χ4n) is 3.50. The summed E-state index contributed by atoms with van der Waals surface area (Å²) in [5.74, 6) is 0.687. The first-order chi connectivity index (χ1) is 15.0. The second kappa shape index (κ2) is 8.46. The van der Waals surface area contributed by atoms with E-state index in [9.17, 15) is 4.79 Å². The molecule has 0 saturated carbocycles. The summed E-state index contributed by atoms with van der Waals surface area (Å²) in [5.41, 5.74) is 3.07. The van der Waals surface area contributed by atoms with Crippen LogP contribution in [0, 0.1) is 11.3 Å². The van der Waals surface area contributed by atoms with Crippen LogP contribution in [-0.4, -0.2) is 29.2 Å². The zero-order valence-corrected chi connectivity index (χ0v) is 17.4. The number of nitrogens with one attached hydrogen (secondary N) is 1. The van der Waals surface area contributed by atoms with Crippen LogP contribution >= 0.6 is 0 Å². The number of nitrogens with zero attached hydrogens (tertiary/aromatic N) is 2. The molecule has 0 aliphatic carbocycles. The number of carbonyl (C=O) groups excluding carboxylic acids is 1. The Labute approximate surface area is 179 Å². The largest absolute Gasteiger partial charge is 0.458 e. The topological polar surface area (TPSA) is 97.2 Å². The van der Waals surface area contributed by atoms with Gasteiger partial charge >= 0.3 is 5.97 Å². The van der Waals surface area contributed by atoms with E-state index in [1.165, 1.54) is 0 Å². The highest BCUT2D eigenvalue weighted by Gasteiger charge is 2.21. The number of rotatable bonds is 6. The molecule has 4 rings (SSSR count). The minimum absolute atomic E-state index is 0.203. The maximum absolute atomic E-state index is 12.6. The molecule has 0 atom stereocenters. The molecule has 4 aromatic rings. The molecule has 156 valence electrons. The third-order valence-electron chi connectivity index (χ3n) is 4.73. The van der Waals surface area contributed by atoms with Crippen molar-refractivity contribution in [2.24, 2.45) is 0 Å². The van der Waals surface area contributed by atoms with Crippen LogP contribution in [0.2, 0.25) is 0 Å². The van der Waals surface area contributed by atoms with Crippen LogP contribution in [0.4, 0.5) is 0 Å². The summed E-state index contributed by atoms with van der Waals surface area (Å²) in [6.45, 7) is 3.79. The van der Waals surface area contributed by atoms with Gasteiger partial charge in [0.15, 0.2) is 5.69 Å². The first kappa shape index (κ1) is 20.4. The number of pyridine rings is 1. The van der Waals surface area contributed by atoms with E-state index in [4.69, 9.17) is 19.5 Å². The van der Waals surface area contributed by atoms with E-state index in [2.05, 4.69) is 16.0 Å². The molecule has 2 heterocycles. The van der Waals surface area contributed by atoms with Gasteiger partial charge in [-0.05, 0) is 50.2 Å². The summed E-state index contributed by atoms with van der Waals surface area (Å²) >= 11 is 0. The van der Waals surface area contributed by atoms with Crippen molar-refractivity contribution in [3.63, 3.8) is 0 Å². The minimum atomic E-state index is -0.487. The summed E-state index contributed by atoms with van der Waals surface area (Å²) < 4.78 is 16.7. The van der Waals surface area contributed by atoms with Crippen LogP contribution in [0.25, 0.3) is 21.8 Å². The Hall–Kier alpha value is -3.89. The second-order valence-electron chi connectivity index (χ2n) is 7.34. The molecule has 0 aliphatic heterocycles. The van der Waals surface area contributed by atoms with E-state index in [0.717, 1.165) is 21.8 Å². The summed E-state index contributed by atoms with van der Waals surface area (Å²) in [6, 6.07) is 14.7. The van der Waals surface area contributed by atoms with Crippen molar-refractivity contribution in [2.75, 3.05) is 7.11 Å². The summed E-state index contributed by atoms with van der Waals surface area (Å²) in [5, 5.41) is 10.8. The highest BCUT2D eigenvalue weighted by atomic mass is 16.5. The molecule has 0 fully saturated rings. The Kier molecular flexibility index (Phi) is 5.56. The van der Waals surface area contributed by atoms with Gasteiger partial charge in [-0.1, -0.05) is 6.07 Å². The van der Waals surface area contributed by atoms with Gasteiger partial charge in [0.05, 0.1) is 36.1 Å². The standard InChI is InChI=1S/C24H21N3O4/c1-14(2)30-24(28)23-19(13-29-3)22-18-10-17(7-8-20(18)27-21(22)12-26-23)31-16-6-4-5-15(9-16)11-25/h4-10,12,14,27H,13H2,1-3H3. The molecule has 7 nitrogen and oxygen atoms in total. The van der Waals surface area contributed by atoms with Gasteiger partial charge in [-0.25, -0.2) is 9.78 Å². The first-order valence-electron chi connectivity index (χ1n) is 9.81. The summed E-state index contributed by atoms with van der Waals surface area (Å²) in [6.07, 6.45) is 1.37. The number of hydrogen-bond acceptors (Lipinski definition) is 6. The lowest BCUT2D eigenvalue weighted by molar-refractivity contribution is 0.0366. The van der Waals surface area contributed by atoms with Crippen molar-refractivity contribution in [2.45, 2.75) is 26.6 Å². The Balaban J connectivity index is 1.84. The van der Waals surface area contributed by atoms with Gasteiger partial charge in [-0.2, -0.15) is 5.26 Å². The number of nitriles is 1. The minimum Gasteiger partial charge on any atom is -0.458 e. The maximum Gasteiger partial charge on any atom is 0.357 e. The number of aromatic amines is 1. The molecule has 7 heteroatoms. The molecular weight excluding hydrogens is 394 g/mol. The molecule has 31 heavy (non-hydrogen) atoms. The number of methoxy groups -OCH3 is 1. The van der Waals surface area contributed by atoms with E-state index >= 15 is 0 Å². The van der Waals surface area contributed by atoms with Gasteiger partial charge in [0.2, 0.25) is 0 Å². The normalized spacial score (nSPS) is 11.1. The van der Waals surface area contributed by atoms with Crippen LogP contribution in [0.1, 0.15) is 35.5 Å². The van der Waals surface area contributed by atoms with Gasteiger partial charge in [0.1, 0.15) is 11.5 Å². The second-order valence-corrected chi connectivity index (χ2v) is 7.34. The van der Waals surface area contributed by atoms with Crippen molar-refractivity contribution < 1.29 is 19.0 Å². The zero-order valence-electron chi connectivity index (χ0n) is 17.4. The van der Waals surface area contributed by atoms with Gasteiger partial charge in [-0.15, -0.1) is 0 Å². The third kappa shape index (κ3) is 4.06. The van der Waals surface area contributed by atoms with Crippen molar-refractivity contribution in [1.29, 1.82) is 5.26 Å². The molecule has 2 aromatic heterocycles. The van der Waals surface area contributed by atoms with Crippen molar-refractivity contribution >= 4 is 27.8 Å². The van der Waals surface area contributed by atoms with Gasteiger partial charge in [-0.3, -0.25) is 0 Å². The predicted octanol–water partition coefficient (Wildman–Crippen LogP) is 5.09. The Morgan fingerprint density at radius 3 is 2.71 bits per heavy atom. The first-order valence-corrected chi connectivity index (χ1v) is 9.81. The lowest BCUT2D eigenvalue weighted by Gasteiger charge is -2.12. The highest BCUT2D eigenvalue weighted by Crippen LogP contribution is 2.34. The number of carbonyl (C=O) groups is 1. The van der Waals surface area contributed by atoms with Crippen LogP contribution < -0.4 is 4.74 Å². The molecule has 1 N–H and O–H groups in total. The third-order valence-corrected chi connectivity index (χ3v) is 4.73. The van der Waals surface area contributed by atoms with Crippen LogP contribution in [0.3, 0.4) is 0 Å². The maximum atomic E-state index is 12.6. The van der Waals surface area contributed by atoms with E-state index in [1.807, 2.05) is 18.2 Å². The molecule has 0 aliphatic rings. The highest BCUT2D eigenvalue weighted by molar-refractivity contribution is 6.11. The average molecular weight is 415 g/mol. The number of aromatic nitrogens is 2. The molecule has 2 aromatic carbocycles. The SMILES string of the molecule is COCc1c(C(=O)OC(C)C)ncc2[nH]c3ccc(Oc4cccc(C#N)c4)cc3c12. The van der Waals surface area contributed by atoms with E-state index in [1.54, 1.807) is 51.4 Å². The van der Waals surface area contributed by atoms with Crippen LogP contribution in [0.5, 0.6) is 11.5 Å². The van der Waals surface area contributed by atoms with E-state index in [-0.39, 0.29) is 18.4 Å². The molecular formula is C24H21N3O4. The number of esters is 1. The molecule has 0 amide bonds. The van der Waals surface area contributed by atoms with Gasteiger partial charge in [0.25, 0.3) is 0 Å². The molecule has 0 unspecified atom stereocenters. The monoisotopic (exact) mass is 415 g/mol. The number of H-pyrrole nitrogens is 1. The quantitative estimate of drug-likeness (QED) is 0.441. The van der Waals surface area contributed by atoms with Crippen molar-refractivity contribution in [1.82, 2.24) is 9.97 Å². The Bertz CT molecular complexity index is 1320. The fraction of sp³-hybridized carbons (Fsp3) is 0.208. The fourth-order valence-corrected chi connectivity index (χ4v) is 3.50. The smallest absolute Gasteiger partial charge is 0.357 e. The van der Waals surface area contributed by atoms with Crippen molar-refractivity contribution in [3.8, 4) is 17.6 Å². The molecule has 0 spiro atoms. The number of ether oxygens (including phenoxy) is 3. The zero-order chi connectivity index (χ0) is 22.0. The summed E-state index contributed by atoms with van der Waals surface area (Å²) in [7, 11) is 1.57. The Morgan fingerprint density at radius 1 is 1.16 bits per heavy atom. The van der Waals surface area contributed by atoms with Gasteiger partial charge in [0, 0.05) is 29.0 Å². The van der Waals surface area contributed by atoms with Gasteiger partial charge < -0.3 is 19.2 Å². The van der Waals surface area contributed by atoms with Crippen molar-refractivity contribution in [3.05, 3.63) is 65.5 Å².